The molecule has 0 atom stereocenters. The normalized spacial score (nSPS) is 17.9. The van der Waals surface area contributed by atoms with E-state index in [1.807, 2.05) is 0 Å². The number of hydrogen-bond acceptors (Lipinski definition) is 2. The summed E-state index contributed by atoms with van der Waals surface area (Å²) in [4.78, 5) is 11.4. The van der Waals surface area contributed by atoms with E-state index in [9.17, 15) is 14.3 Å². The SMILES string of the molecule is O=C(O)C1(c2cc(F)cc3ccoc23)CCC1. The van der Waals surface area contributed by atoms with Crippen molar-refractivity contribution in [3.8, 4) is 0 Å². The molecule has 1 aliphatic carbocycles. The molecule has 1 heterocycles. The highest BCUT2D eigenvalue weighted by Gasteiger charge is 2.47. The van der Waals surface area contributed by atoms with Gasteiger partial charge in [0.05, 0.1) is 11.7 Å². The minimum absolute atomic E-state index is 0.415. The van der Waals surface area contributed by atoms with E-state index in [0.717, 1.165) is 6.42 Å². The fourth-order valence-electron chi connectivity index (χ4n) is 2.53. The van der Waals surface area contributed by atoms with Crippen molar-refractivity contribution in [3.63, 3.8) is 0 Å². The lowest BCUT2D eigenvalue weighted by Gasteiger charge is -2.37. The second-order valence-electron chi connectivity index (χ2n) is 4.53. The number of aliphatic carboxylic acids is 1. The third kappa shape index (κ3) is 1.30. The molecule has 17 heavy (non-hydrogen) atoms. The minimum atomic E-state index is -0.960. The standard InChI is InChI=1S/C13H11FO3/c14-9-6-8-2-5-17-11(8)10(7-9)13(12(15)16)3-1-4-13/h2,5-7H,1,3-4H2,(H,15,16). The molecule has 0 aliphatic heterocycles. The number of benzene rings is 1. The van der Waals surface area contributed by atoms with E-state index >= 15 is 0 Å². The first-order chi connectivity index (χ1) is 8.13. The highest BCUT2D eigenvalue weighted by Crippen LogP contribution is 2.46. The number of rotatable bonds is 2. The van der Waals surface area contributed by atoms with E-state index in [2.05, 4.69) is 0 Å². The summed E-state index contributed by atoms with van der Waals surface area (Å²) < 4.78 is 18.8. The smallest absolute Gasteiger partial charge is 0.314 e. The number of carboxylic acid groups (broad SMARTS) is 1. The summed E-state index contributed by atoms with van der Waals surface area (Å²) >= 11 is 0. The molecule has 0 spiro atoms. The maximum Gasteiger partial charge on any atom is 0.314 e. The molecular formula is C13H11FO3. The first-order valence-corrected chi connectivity index (χ1v) is 5.54. The van der Waals surface area contributed by atoms with Crippen LogP contribution in [0.1, 0.15) is 24.8 Å². The Morgan fingerprint density at radius 2 is 2.18 bits per heavy atom. The summed E-state index contributed by atoms with van der Waals surface area (Å²) in [6, 6.07) is 4.30. The van der Waals surface area contributed by atoms with Crippen molar-refractivity contribution in [2.24, 2.45) is 0 Å². The summed E-state index contributed by atoms with van der Waals surface area (Å²) in [6.45, 7) is 0. The first kappa shape index (κ1) is 10.3. The van der Waals surface area contributed by atoms with Crippen LogP contribution in [0.15, 0.2) is 28.9 Å². The van der Waals surface area contributed by atoms with Crippen molar-refractivity contribution in [2.45, 2.75) is 24.7 Å². The van der Waals surface area contributed by atoms with Gasteiger partial charge in [-0.05, 0) is 31.0 Å². The van der Waals surface area contributed by atoms with Crippen LogP contribution in [-0.4, -0.2) is 11.1 Å². The van der Waals surface area contributed by atoms with Gasteiger partial charge >= 0.3 is 5.97 Å². The van der Waals surface area contributed by atoms with E-state index < -0.39 is 17.2 Å². The molecule has 0 unspecified atom stereocenters. The average molecular weight is 234 g/mol. The molecule has 0 amide bonds. The molecule has 1 saturated carbocycles. The summed E-state index contributed by atoms with van der Waals surface area (Å²) in [7, 11) is 0. The number of fused-ring (bicyclic) bond motifs is 1. The van der Waals surface area contributed by atoms with Gasteiger partial charge in [0.2, 0.25) is 0 Å². The largest absolute Gasteiger partial charge is 0.481 e. The highest BCUT2D eigenvalue weighted by molar-refractivity contribution is 5.91. The molecule has 1 N–H and O–H groups in total. The van der Waals surface area contributed by atoms with Gasteiger partial charge in [-0.3, -0.25) is 4.79 Å². The van der Waals surface area contributed by atoms with E-state index in [4.69, 9.17) is 4.42 Å². The van der Waals surface area contributed by atoms with Gasteiger partial charge in [0.1, 0.15) is 11.4 Å². The van der Waals surface area contributed by atoms with Crippen LogP contribution in [0.3, 0.4) is 0 Å². The number of furan rings is 1. The van der Waals surface area contributed by atoms with E-state index in [1.54, 1.807) is 6.07 Å². The quantitative estimate of drug-likeness (QED) is 0.868. The molecule has 1 aromatic carbocycles. The Morgan fingerprint density at radius 1 is 1.41 bits per heavy atom. The van der Waals surface area contributed by atoms with Crippen LogP contribution in [0.5, 0.6) is 0 Å². The Hall–Kier alpha value is -1.84. The second kappa shape index (κ2) is 3.32. The van der Waals surface area contributed by atoms with Gasteiger partial charge < -0.3 is 9.52 Å². The van der Waals surface area contributed by atoms with Crippen LogP contribution in [0.25, 0.3) is 11.0 Å². The summed E-state index contributed by atoms with van der Waals surface area (Å²) in [5, 5.41) is 9.98. The van der Waals surface area contributed by atoms with Crippen LogP contribution in [-0.2, 0) is 10.2 Å². The van der Waals surface area contributed by atoms with Gasteiger partial charge in [-0.1, -0.05) is 6.42 Å². The molecule has 1 fully saturated rings. The molecule has 0 radical (unpaired) electrons. The molecule has 4 heteroatoms. The fraction of sp³-hybridized carbons (Fsp3) is 0.308. The highest BCUT2D eigenvalue weighted by atomic mass is 19.1. The van der Waals surface area contributed by atoms with E-state index in [1.165, 1.54) is 18.4 Å². The maximum atomic E-state index is 13.5. The van der Waals surface area contributed by atoms with Crippen LogP contribution in [0.4, 0.5) is 4.39 Å². The van der Waals surface area contributed by atoms with Gasteiger partial charge in [0.15, 0.2) is 0 Å². The van der Waals surface area contributed by atoms with E-state index in [0.29, 0.717) is 29.4 Å². The lowest BCUT2D eigenvalue weighted by atomic mass is 9.64. The zero-order chi connectivity index (χ0) is 12.0. The van der Waals surface area contributed by atoms with Crippen molar-refractivity contribution in [2.75, 3.05) is 0 Å². The first-order valence-electron chi connectivity index (χ1n) is 5.54. The van der Waals surface area contributed by atoms with Crippen LogP contribution in [0.2, 0.25) is 0 Å². The van der Waals surface area contributed by atoms with Crippen molar-refractivity contribution >= 4 is 16.9 Å². The molecule has 3 rings (SSSR count). The Bertz CT molecular complexity index is 596. The van der Waals surface area contributed by atoms with Gasteiger partial charge in [-0.25, -0.2) is 4.39 Å². The monoisotopic (exact) mass is 234 g/mol. The van der Waals surface area contributed by atoms with Crippen LogP contribution < -0.4 is 0 Å². The third-order valence-corrected chi connectivity index (χ3v) is 3.65. The molecule has 0 saturated heterocycles. The van der Waals surface area contributed by atoms with Gasteiger partial charge in [-0.15, -0.1) is 0 Å². The van der Waals surface area contributed by atoms with Crippen molar-refractivity contribution in [1.29, 1.82) is 0 Å². The van der Waals surface area contributed by atoms with Gasteiger partial charge in [0, 0.05) is 10.9 Å². The van der Waals surface area contributed by atoms with Gasteiger partial charge in [0.25, 0.3) is 0 Å². The average Bonchev–Trinajstić information content (AvgIpc) is 2.62. The molecule has 1 aliphatic rings. The maximum absolute atomic E-state index is 13.5. The van der Waals surface area contributed by atoms with Gasteiger partial charge in [-0.2, -0.15) is 0 Å². The predicted molar refractivity (Wildman–Crippen MR) is 59.3 cm³/mol. The lowest BCUT2D eigenvalue weighted by Crippen LogP contribution is -2.42. The zero-order valence-corrected chi connectivity index (χ0v) is 9.07. The Labute approximate surface area is 96.8 Å². The van der Waals surface area contributed by atoms with Crippen LogP contribution in [0, 0.1) is 5.82 Å². The Morgan fingerprint density at radius 3 is 2.76 bits per heavy atom. The van der Waals surface area contributed by atoms with Crippen molar-refractivity contribution in [1.82, 2.24) is 0 Å². The molecule has 88 valence electrons. The molecule has 2 aromatic rings. The summed E-state index contributed by atoms with van der Waals surface area (Å²) in [5.74, 6) is -1.31. The van der Waals surface area contributed by atoms with Crippen LogP contribution >= 0.6 is 0 Å². The van der Waals surface area contributed by atoms with Crippen molar-refractivity contribution in [3.05, 3.63) is 35.8 Å². The lowest BCUT2D eigenvalue weighted by molar-refractivity contribution is -0.147. The number of carboxylic acids is 1. The molecule has 0 bridgehead atoms. The number of carbonyl (C=O) groups is 1. The summed E-state index contributed by atoms with van der Waals surface area (Å²) in [6.07, 6.45) is 3.40. The zero-order valence-electron chi connectivity index (χ0n) is 9.07. The van der Waals surface area contributed by atoms with E-state index in [-0.39, 0.29) is 0 Å². The molecule has 3 nitrogen and oxygen atoms in total. The minimum Gasteiger partial charge on any atom is -0.481 e. The second-order valence-corrected chi connectivity index (χ2v) is 4.53. The number of halogens is 1. The predicted octanol–water partition coefficient (Wildman–Crippen LogP) is 3.08. The topological polar surface area (TPSA) is 50.4 Å². The third-order valence-electron chi connectivity index (χ3n) is 3.65. The summed E-state index contributed by atoms with van der Waals surface area (Å²) in [5.41, 5.74) is 0.00262. The molecule has 1 aromatic heterocycles. The Balaban J connectivity index is 2.28. The Kier molecular flexibility index (Phi) is 2.02. The fourth-order valence-corrected chi connectivity index (χ4v) is 2.53. The van der Waals surface area contributed by atoms with Crippen molar-refractivity contribution < 1.29 is 18.7 Å². The number of hydrogen-bond donors (Lipinski definition) is 1. The molecular weight excluding hydrogens is 223 g/mol.